The van der Waals surface area contributed by atoms with Gasteiger partial charge in [-0.3, -0.25) is 0 Å². The largest absolute Gasteiger partial charge is 0.416 e. The second kappa shape index (κ2) is 8.51. The van der Waals surface area contributed by atoms with Crippen LogP contribution in [0.4, 0.5) is 17.6 Å². The van der Waals surface area contributed by atoms with Crippen molar-refractivity contribution in [3.8, 4) is 5.69 Å². The van der Waals surface area contributed by atoms with Gasteiger partial charge in [0.25, 0.3) is 0 Å². The predicted octanol–water partition coefficient (Wildman–Crippen LogP) is 5.42. The monoisotopic (exact) mass is 468 g/mol. The Bertz CT molecular complexity index is 1370. The third-order valence-corrected chi connectivity index (χ3v) is 5.78. The minimum Gasteiger partial charge on any atom is -0.302 e. The quantitative estimate of drug-likeness (QED) is 0.296. The highest BCUT2D eigenvalue weighted by molar-refractivity contribution is 5.65. The van der Waals surface area contributed by atoms with Crippen molar-refractivity contribution in [3.63, 3.8) is 0 Å². The van der Waals surface area contributed by atoms with E-state index in [9.17, 15) is 17.6 Å². The van der Waals surface area contributed by atoms with Gasteiger partial charge in [-0.05, 0) is 55.7 Å². The number of benzene rings is 1. The van der Waals surface area contributed by atoms with Crippen LogP contribution in [0.2, 0.25) is 0 Å². The zero-order chi connectivity index (χ0) is 23.9. The summed E-state index contributed by atoms with van der Waals surface area (Å²) in [5, 5.41) is 4.43. The number of aryl methyl sites for hydroxylation is 2. The van der Waals surface area contributed by atoms with Gasteiger partial charge >= 0.3 is 6.18 Å². The lowest BCUT2D eigenvalue weighted by Crippen LogP contribution is -2.21. The van der Waals surface area contributed by atoms with Crippen molar-refractivity contribution >= 4 is 12.2 Å². The fraction of sp³-hybridized carbons (Fsp3) is 0.250. The molecule has 1 atom stereocenters. The van der Waals surface area contributed by atoms with Gasteiger partial charge in [0.2, 0.25) is 5.95 Å². The molecule has 174 valence electrons. The molecule has 1 aromatic carbocycles. The smallest absolute Gasteiger partial charge is 0.302 e. The van der Waals surface area contributed by atoms with E-state index in [2.05, 4.69) is 20.1 Å². The number of hydrogen-bond donors (Lipinski definition) is 0. The SMILES string of the molecule is Cc1cn(-c2ccc(/C=C/c3nc4n(n3)CCC[C@@H]4c3ccccc3C(F)(F)F)nc2F)cn1. The minimum absolute atomic E-state index is 0.202. The number of halogens is 4. The maximum atomic E-state index is 14.5. The Balaban J connectivity index is 1.42. The Kier molecular flexibility index (Phi) is 5.51. The van der Waals surface area contributed by atoms with Gasteiger partial charge in [0.15, 0.2) is 5.82 Å². The molecule has 0 unspecified atom stereocenters. The summed E-state index contributed by atoms with van der Waals surface area (Å²) in [7, 11) is 0. The second-order valence-corrected chi connectivity index (χ2v) is 8.13. The van der Waals surface area contributed by atoms with E-state index in [1.807, 2.05) is 6.92 Å². The van der Waals surface area contributed by atoms with Gasteiger partial charge < -0.3 is 4.57 Å². The van der Waals surface area contributed by atoms with E-state index in [1.165, 1.54) is 18.5 Å². The van der Waals surface area contributed by atoms with Crippen molar-refractivity contribution < 1.29 is 17.6 Å². The summed E-state index contributed by atoms with van der Waals surface area (Å²) in [5.41, 5.74) is 0.952. The fourth-order valence-corrected chi connectivity index (χ4v) is 4.23. The van der Waals surface area contributed by atoms with Crippen LogP contribution in [-0.4, -0.2) is 29.3 Å². The van der Waals surface area contributed by atoms with E-state index in [4.69, 9.17) is 0 Å². The van der Waals surface area contributed by atoms with Crippen LogP contribution in [-0.2, 0) is 12.7 Å². The lowest BCUT2D eigenvalue weighted by Gasteiger charge is -2.25. The van der Waals surface area contributed by atoms with E-state index >= 15 is 0 Å². The van der Waals surface area contributed by atoms with Crippen molar-refractivity contribution in [2.75, 3.05) is 0 Å². The Morgan fingerprint density at radius 1 is 1.06 bits per heavy atom. The Hall–Kier alpha value is -3.82. The Morgan fingerprint density at radius 3 is 2.62 bits per heavy atom. The number of rotatable bonds is 4. The molecule has 3 aromatic heterocycles. The van der Waals surface area contributed by atoms with E-state index in [0.717, 1.165) is 11.8 Å². The maximum Gasteiger partial charge on any atom is 0.416 e. The first-order valence-electron chi connectivity index (χ1n) is 10.8. The standard InChI is InChI=1S/C24H20F4N6/c1-15-13-33(14-29-15)20-10-8-16(30-22(20)25)9-11-21-31-23-18(6-4-12-34(23)32-21)17-5-2-3-7-19(17)24(26,27)28/h2-3,5,7-11,13-14,18H,4,6,12H2,1H3/b11-9+/t18-/m1/s1. The zero-order valence-corrected chi connectivity index (χ0v) is 18.2. The van der Waals surface area contributed by atoms with Crippen molar-refractivity contribution in [2.45, 2.75) is 38.4 Å². The summed E-state index contributed by atoms with van der Waals surface area (Å²) in [4.78, 5) is 12.6. The molecule has 0 saturated heterocycles. The van der Waals surface area contributed by atoms with Gasteiger partial charge in [-0.15, -0.1) is 0 Å². The minimum atomic E-state index is -4.45. The third-order valence-electron chi connectivity index (χ3n) is 5.78. The zero-order valence-electron chi connectivity index (χ0n) is 18.2. The summed E-state index contributed by atoms with van der Waals surface area (Å²) in [6.45, 7) is 2.38. The van der Waals surface area contributed by atoms with Gasteiger partial charge in [0, 0.05) is 18.7 Å². The maximum absolute atomic E-state index is 14.5. The fourth-order valence-electron chi connectivity index (χ4n) is 4.23. The molecule has 0 fully saturated rings. The summed E-state index contributed by atoms with van der Waals surface area (Å²) in [5.74, 6) is -0.328. The molecule has 1 aliphatic heterocycles. The van der Waals surface area contributed by atoms with E-state index < -0.39 is 23.6 Å². The molecule has 4 heterocycles. The molecule has 0 radical (unpaired) electrons. The van der Waals surface area contributed by atoms with Crippen LogP contribution in [0.1, 0.15) is 52.9 Å². The normalized spacial score (nSPS) is 16.2. The number of pyridine rings is 1. The van der Waals surface area contributed by atoms with Gasteiger partial charge in [0.05, 0.1) is 23.3 Å². The number of hydrogen-bond acceptors (Lipinski definition) is 4. The summed E-state index contributed by atoms with van der Waals surface area (Å²) >= 11 is 0. The van der Waals surface area contributed by atoms with Crippen LogP contribution in [0, 0.1) is 12.9 Å². The Labute approximate surface area is 192 Å². The molecule has 4 aromatic rings. The predicted molar refractivity (Wildman–Crippen MR) is 118 cm³/mol. The molecule has 0 bridgehead atoms. The highest BCUT2D eigenvalue weighted by Gasteiger charge is 2.37. The van der Waals surface area contributed by atoms with E-state index in [1.54, 1.807) is 45.8 Å². The summed E-state index contributed by atoms with van der Waals surface area (Å²) in [6, 6.07) is 8.85. The topological polar surface area (TPSA) is 61.4 Å². The molecule has 5 rings (SSSR count). The van der Waals surface area contributed by atoms with Crippen molar-refractivity contribution in [3.05, 3.63) is 89.0 Å². The lowest BCUT2D eigenvalue weighted by atomic mass is 9.88. The molecule has 34 heavy (non-hydrogen) atoms. The van der Waals surface area contributed by atoms with Crippen LogP contribution < -0.4 is 0 Å². The molecule has 1 aliphatic rings. The van der Waals surface area contributed by atoms with Gasteiger partial charge in [-0.25, -0.2) is 19.6 Å². The van der Waals surface area contributed by atoms with Crippen LogP contribution in [0.3, 0.4) is 0 Å². The molecule has 0 aliphatic carbocycles. The first-order chi connectivity index (χ1) is 16.3. The van der Waals surface area contributed by atoms with Crippen molar-refractivity contribution in [1.82, 2.24) is 29.3 Å². The number of imidazole rings is 1. The summed E-state index contributed by atoms with van der Waals surface area (Å²) < 4.78 is 58.4. The summed E-state index contributed by atoms with van der Waals surface area (Å²) in [6.07, 6.45) is 3.17. The molecule has 6 nitrogen and oxygen atoms in total. The van der Waals surface area contributed by atoms with Gasteiger partial charge in [-0.2, -0.15) is 22.7 Å². The molecule has 0 spiro atoms. The van der Waals surface area contributed by atoms with Crippen LogP contribution in [0.25, 0.3) is 17.8 Å². The highest BCUT2D eigenvalue weighted by Crippen LogP contribution is 2.40. The molecule has 0 saturated carbocycles. The second-order valence-electron chi connectivity index (χ2n) is 8.13. The number of fused-ring (bicyclic) bond motifs is 1. The average Bonchev–Trinajstić information content (AvgIpc) is 3.43. The molecule has 0 amide bonds. The molecule has 10 heteroatoms. The van der Waals surface area contributed by atoms with Gasteiger partial charge in [0.1, 0.15) is 11.5 Å². The van der Waals surface area contributed by atoms with Crippen molar-refractivity contribution in [1.29, 1.82) is 0 Å². The van der Waals surface area contributed by atoms with Crippen LogP contribution in [0.15, 0.2) is 48.9 Å². The lowest BCUT2D eigenvalue weighted by molar-refractivity contribution is -0.138. The molecular formula is C24H20F4N6. The number of aromatic nitrogens is 6. The Morgan fingerprint density at radius 2 is 1.88 bits per heavy atom. The number of nitrogens with zero attached hydrogens (tertiary/aromatic N) is 6. The highest BCUT2D eigenvalue weighted by atomic mass is 19.4. The molecule has 0 N–H and O–H groups in total. The number of alkyl halides is 3. The van der Waals surface area contributed by atoms with E-state index in [0.29, 0.717) is 36.7 Å². The average molecular weight is 468 g/mol. The van der Waals surface area contributed by atoms with Gasteiger partial charge in [-0.1, -0.05) is 18.2 Å². The van der Waals surface area contributed by atoms with Crippen molar-refractivity contribution in [2.24, 2.45) is 0 Å². The first-order valence-corrected chi connectivity index (χ1v) is 10.8. The molecular weight excluding hydrogens is 448 g/mol. The van der Waals surface area contributed by atoms with Crippen LogP contribution in [0.5, 0.6) is 0 Å². The first kappa shape index (κ1) is 22.0. The van der Waals surface area contributed by atoms with E-state index in [-0.39, 0.29) is 11.3 Å². The third kappa shape index (κ3) is 4.23. The van der Waals surface area contributed by atoms with Crippen LogP contribution >= 0.6 is 0 Å².